The molecule has 9 nitrogen and oxygen atoms in total. The molecule has 1 amide bonds. The van der Waals surface area contributed by atoms with E-state index in [0.29, 0.717) is 18.9 Å². The molecule has 33 heavy (non-hydrogen) atoms. The molecule has 0 radical (unpaired) electrons. The quantitative estimate of drug-likeness (QED) is 0.649. The fraction of sp³-hybridized carbons (Fsp3) is 0.400. The van der Waals surface area contributed by atoms with E-state index in [4.69, 9.17) is 5.26 Å². The molecule has 2 aromatic rings. The second kappa shape index (κ2) is 7.96. The van der Waals surface area contributed by atoms with Gasteiger partial charge < -0.3 is 10.6 Å². The monoisotopic (exact) mass is 481 g/mol. The highest BCUT2D eigenvalue weighted by Gasteiger charge is 2.48. The lowest BCUT2D eigenvalue weighted by Gasteiger charge is -2.18. The first-order valence-corrected chi connectivity index (χ1v) is 11.5. The summed E-state index contributed by atoms with van der Waals surface area (Å²) in [4.78, 5) is 27.0. The smallest absolute Gasteiger partial charge is 0.336 e. The average molecular weight is 481 g/mol. The molecule has 0 unspecified atom stereocenters. The molecular formula is C20H18F3N5O4S. The van der Waals surface area contributed by atoms with Crippen LogP contribution < -0.4 is 16.2 Å². The molecule has 13 heteroatoms. The van der Waals surface area contributed by atoms with Crippen LogP contribution in [0.2, 0.25) is 0 Å². The van der Waals surface area contributed by atoms with Crippen LogP contribution in [0.5, 0.6) is 0 Å². The number of nitrogens with one attached hydrogen (secondary N) is 2. The summed E-state index contributed by atoms with van der Waals surface area (Å²) in [6.07, 6.45) is -0.958. The lowest BCUT2D eigenvalue weighted by atomic mass is 10.2. The maximum absolute atomic E-state index is 13.8. The van der Waals surface area contributed by atoms with Crippen molar-refractivity contribution in [2.24, 2.45) is 0 Å². The Morgan fingerprint density at radius 3 is 2.67 bits per heavy atom. The van der Waals surface area contributed by atoms with Crippen molar-refractivity contribution < 1.29 is 26.4 Å². The number of nitriles is 1. The average Bonchev–Trinajstić information content (AvgIpc) is 3.34. The van der Waals surface area contributed by atoms with Crippen LogP contribution >= 0.6 is 0 Å². The predicted molar refractivity (Wildman–Crippen MR) is 108 cm³/mol. The van der Waals surface area contributed by atoms with Crippen molar-refractivity contribution in [1.29, 1.82) is 5.26 Å². The molecular weight excluding hydrogens is 463 g/mol. The normalized spacial score (nSPS) is 21.9. The van der Waals surface area contributed by atoms with Gasteiger partial charge in [0.1, 0.15) is 5.54 Å². The predicted octanol–water partition coefficient (Wildman–Crippen LogP) is 0.928. The number of rotatable bonds is 5. The van der Waals surface area contributed by atoms with Gasteiger partial charge in [0, 0.05) is 24.6 Å². The second-order valence-corrected chi connectivity index (χ2v) is 10.2. The molecule has 2 N–H and O–H groups in total. The van der Waals surface area contributed by atoms with E-state index in [1.807, 2.05) is 6.07 Å². The molecule has 1 saturated heterocycles. The maximum Gasteiger partial charge on any atom is 0.417 e. The molecule has 2 aliphatic rings. The van der Waals surface area contributed by atoms with E-state index < -0.39 is 54.8 Å². The summed E-state index contributed by atoms with van der Waals surface area (Å²) in [6, 6.07) is 3.58. The Labute approximate surface area is 186 Å². The van der Waals surface area contributed by atoms with Crippen molar-refractivity contribution in [3.05, 3.63) is 52.7 Å². The van der Waals surface area contributed by atoms with Crippen LogP contribution in [-0.2, 0) is 20.8 Å². The molecule has 174 valence electrons. The van der Waals surface area contributed by atoms with Crippen molar-refractivity contribution in [2.75, 3.05) is 6.54 Å². The van der Waals surface area contributed by atoms with Gasteiger partial charge in [0.2, 0.25) is 5.91 Å². The number of halogens is 3. The van der Waals surface area contributed by atoms with Gasteiger partial charge in [-0.05, 0) is 37.5 Å². The van der Waals surface area contributed by atoms with Crippen molar-refractivity contribution in [3.8, 4) is 11.8 Å². The number of hydrogen-bond donors (Lipinski definition) is 2. The van der Waals surface area contributed by atoms with Gasteiger partial charge in [0.15, 0.2) is 9.84 Å². The Kier molecular flexibility index (Phi) is 5.53. The zero-order chi connectivity index (χ0) is 24.0. The Hall–Kier alpha value is -3.24. The maximum atomic E-state index is 13.8. The molecule has 2 fully saturated rings. The van der Waals surface area contributed by atoms with Gasteiger partial charge in [0.05, 0.1) is 34.0 Å². The fourth-order valence-corrected chi connectivity index (χ4v) is 5.59. The van der Waals surface area contributed by atoms with Gasteiger partial charge in [-0.1, -0.05) is 0 Å². The molecule has 1 aliphatic heterocycles. The van der Waals surface area contributed by atoms with Gasteiger partial charge in [0.25, 0.3) is 5.56 Å². The topological polar surface area (TPSA) is 134 Å². The molecule has 2 atom stereocenters. The van der Waals surface area contributed by atoms with E-state index in [1.165, 1.54) is 12.4 Å². The van der Waals surface area contributed by atoms with E-state index >= 15 is 0 Å². The van der Waals surface area contributed by atoms with Gasteiger partial charge >= 0.3 is 6.18 Å². The van der Waals surface area contributed by atoms with E-state index in [9.17, 15) is 31.2 Å². The molecule has 4 rings (SSSR count). The summed E-state index contributed by atoms with van der Waals surface area (Å²) in [6.45, 7) is -0.219. The number of nitrogens with zero attached hydrogens (tertiary/aromatic N) is 3. The molecule has 1 aromatic carbocycles. The van der Waals surface area contributed by atoms with Gasteiger partial charge in [-0.25, -0.2) is 8.42 Å². The largest absolute Gasteiger partial charge is 0.417 e. The van der Waals surface area contributed by atoms with Gasteiger partial charge in [-0.15, -0.1) is 0 Å². The minimum absolute atomic E-state index is 0.165. The van der Waals surface area contributed by atoms with Crippen LogP contribution in [0.4, 0.5) is 13.2 Å². The standard InChI is InChI=1S/C20H18F3N5O4S/c21-20(22,23)14-7-12(28-6-5-25-10-17(28)29)1-2-16(14)33(31,32)13-8-15(26-9-13)18(30)27-19(11-24)3-4-19/h1-2,5-7,10,13,15,26H,3-4,8-9H2,(H,27,30)/t13-,15+/m1/s1. The van der Waals surface area contributed by atoms with Crippen molar-refractivity contribution >= 4 is 15.7 Å². The number of sulfone groups is 1. The summed E-state index contributed by atoms with van der Waals surface area (Å²) in [5.41, 5.74) is -3.19. The summed E-state index contributed by atoms with van der Waals surface area (Å²) in [7, 11) is -4.49. The van der Waals surface area contributed by atoms with Crippen LogP contribution in [0.25, 0.3) is 5.69 Å². The zero-order valence-corrected chi connectivity index (χ0v) is 17.8. The fourth-order valence-electron chi connectivity index (χ4n) is 3.73. The third kappa shape index (κ3) is 4.36. The summed E-state index contributed by atoms with van der Waals surface area (Å²) >= 11 is 0. The second-order valence-electron chi connectivity index (χ2n) is 8.01. The highest BCUT2D eigenvalue weighted by Crippen LogP contribution is 2.38. The lowest BCUT2D eigenvalue weighted by molar-refractivity contribution is -0.139. The number of carbonyl (C=O) groups excluding carboxylic acids is 1. The van der Waals surface area contributed by atoms with Crippen LogP contribution in [0.15, 0.2) is 46.5 Å². The van der Waals surface area contributed by atoms with Gasteiger partial charge in [-0.2, -0.15) is 18.4 Å². The highest BCUT2D eigenvalue weighted by atomic mass is 32.2. The number of hydrogen-bond acceptors (Lipinski definition) is 7. The first-order chi connectivity index (χ1) is 15.5. The minimum atomic E-state index is -5.01. The van der Waals surface area contributed by atoms with Crippen LogP contribution in [0, 0.1) is 11.3 Å². The number of aromatic nitrogens is 2. The molecule has 1 aromatic heterocycles. The third-order valence-corrected chi connectivity index (χ3v) is 7.96. The third-order valence-electron chi connectivity index (χ3n) is 5.75. The van der Waals surface area contributed by atoms with Crippen molar-refractivity contribution in [1.82, 2.24) is 20.2 Å². The SMILES string of the molecule is N#CC1(NC(=O)[C@@H]2C[C@@H](S(=O)(=O)c3ccc(-n4ccncc4=O)cc3C(F)(F)F)CN2)CC1. The van der Waals surface area contributed by atoms with E-state index in [2.05, 4.69) is 15.6 Å². The summed E-state index contributed by atoms with van der Waals surface area (Å²) in [5, 5.41) is 13.1. The number of alkyl halides is 3. The zero-order valence-electron chi connectivity index (χ0n) is 17.0. The Bertz CT molecular complexity index is 1310. The highest BCUT2D eigenvalue weighted by molar-refractivity contribution is 7.92. The number of carbonyl (C=O) groups is 1. The van der Waals surface area contributed by atoms with Crippen LogP contribution in [0.3, 0.4) is 0 Å². The number of benzene rings is 1. The molecule has 2 heterocycles. The molecule has 1 aliphatic carbocycles. The minimum Gasteiger partial charge on any atom is -0.336 e. The Balaban J connectivity index is 1.64. The first kappa shape index (κ1) is 22.9. The van der Waals surface area contributed by atoms with Crippen LogP contribution in [0.1, 0.15) is 24.8 Å². The Morgan fingerprint density at radius 1 is 1.33 bits per heavy atom. The van der Waals surface area contributed by atoms with E-state index in [1.54, 1.807) is 0 Å². The summed E-state index contributed by atoms with van der Waals surface area (Å²) < 4.78 is 68.7. The lowest BCUT2D eigenvalue weighted by Crippen LogP contribution is -2.45. The van der Waals surface area contributed by atoms with Crippen LogP contribution in [-0.4, -0.2) is 47.3 Å². The molecule has 0 bridgehead atoms. The van der Waals surface area contributed by atoms with E-state index in [0.717, 1.165) is 22.9 Å². The van der Waals surface area contributed by atoms with Crippen molar-refractivity contribution in [2.45, 2.75) is 47.2 Å². The summed E-state index contributed by atoms with van der Waals surface area (Å²) in [5.74, 6) is -0.560. The van der Waals surface area contributed by atoms with Gasteiger partial charge in [-0.3, -0.25) is 19.1 Å². The van der Waals surface area contributed by atoms with E-state index in [-0.39, 0.29) is 18.7 Å². The molecule has 1 saturated carbocycles. The Morgan fingerprint density at radius 2 is 2.06 bits per heavy atom. The number of amides is 1. The first-order valence-electron chi connectivity index (χ1n) is 9.92. The van der Waals surface area contributed by atoms with Crippen molar-refractivity contribution in [3.63, 3.8) is 0 Å². The molecule has 0 spiro atoms.